The van der Waals surface area contributed by atoms with Crippen LogP contribution in [0, 0.1) is 0 Å². The maximum absolute atomic E-state index is 5.48. The molecule has 3 rings (SSSR count). The number of rotatable bonds is 6. The monoisotopic (exact) mass is 326 g/mol. The van der Waals surface area contributed by atoms with Gasteiger partial charge in [-0.2, -0.15) is 0 Å². The first-order chi connectivity index (χ1) is 11.8. The molecule has 1 heterocycles. The highest BCUT2D eigenvalue weighted by Crippen LogP contribution is 2.26. The lowest BCUT2D eigenvalue weighted by molar-refractivity contribution is 0.122. The fourth-order valence-electron chi connectivity index (χ4n) is 3.17. The minimum Gasteiger partial charge on any atom is -0.496 e. The number of morpholine rings is 1. The standard InChI is InChI=1S/C20H26N2O2/c1-16(18-8-4-6-10-20(18)23-2)21-15-17-7-3-5-9-19(17)22-11-13-24-14-12-22/h3-10,16,21H,11-15H2,1-2H3/t16-/m1/s1. The number of ether oxygens (including phenoxy) is 2. The number of nitrogens with one attached hydrogen (secondary N) is 1. The Labute approximate surface area is 144 Å². The van der Waals surface area contributed by atoms with Crippen molar-refractivity contribution in [3.63, 3.8) is 0 Å². The Morgan fingerprint density at radius 1 is 1.08 bits per heavy atom. The van der Waals surface area contributed by atoms with Crippen LogP contribution in [0.2, 0.25) is 0 Å². The van der Waals surface area contributed by atoms with E-state index < -0.39 is 0 Å². The molecule has 2 aromatic rings. The van der Waals surface area contributed by atoms with Crippen molar-refractivity contribution in [3.8, 4) is 5.75 Å². The third-order valence-corrected chi connectivity index (χ3v) is 4.55. The van der Waals surface area contributed by atoms with Crippen LogP contribution in [0.4, 0.5) is 5.69 Å². The molecule has 1 atom stereocenters. The molecule has 1 N–H and O–H groups in total. The van der Waals surface area contributed by atoms with E-state index in [0.29, 0.717) is 0 Å². The van der Waals surface area contributed by atoms with Gasteiger partial charge >= 0.3 is 0 Å². The van der Waals surface area contributed by atoms with Gasteiger partial charge in [0.25, 0.3) is 0 Å². The van der Waals surface area contributed by atoms with Crippen LogP contribution < -0.4 is 15.0 Å². The Morgan fingerprint density at radius 2 is 1.79 bits per heavy atom. The molecule has 0 unspecified atom stereocenters. The summed E-state index contributed by atoms with van der Waals surface area (Å²) in [4.78, 5) is 2.41. The largest absolute Gasteiger partial charge is 0.496 e. The summed E-state index contributed by atoms with van der Waals surface area (Å²) in [6.07, 6.45) is 0. The second kappa shape index (κ2) is 8.18. The molecular weight excluding hydrogens is 300 g/mol. The lowest BCUT2D eigenvalue weighted by Gasteiger charge is -2.31. The first-order valence-corrected chi connectivity index (χ1v) is 8.56. The number of para-hydroxylation sites is 2. The van der Waals surface area contributed by atoms with Crippen LogP contribution in [0.15, 0.2) is 48.5 Å². The molecule has 0 spiro atoms. The zero-order valence-electron chi connectivity index (χ0n) is 14.5. The number of nitrogens with zero attached hydrogens (tertiary/aromatic N) is 1. The van der Waals surface area contributed by atoms with E-state index in [4.69, 9.17) is 9.47 Å². The van der Waals surface area contributed by atoms with Gasteiger partial charge in [0.2, 0.25) is 0 Å². The molecule has 0 radical (unpaired) electrons. The minimum atomic E-state index is 0.221. The topological polar surface area (TPSA) is 33.7 Å². The van der Waals surface area contributed by atoms with Crippen molar-refractivity contribution in [2.24, 2.45) is 0 Å². The summed E-state index contributed by atoms with van der Waals surface area (Å²) < 4.78 is 10.9. The van der Waals surface area contributed by atoms with E-state index in [1.807, 2.05) is 12.1 Å². The summed E-state index contributed by atoms with van der Waals surface area (Å²) in [5.41, 5.74) is 3.81. The van der Waals surface area contributed by atoms with Crippen LogP contribution in [0.3, 0.4) is 0 Å². The van der Waals surface area contributed by atoms with E-state index in [1.54, 1.807) is 7.11 Å². The summed E-state index contributed by atoms with van der Waals surface area (Å²) in [7, 11) is 1.72. The van der Waals surface area contributed by atoms with Gasteiger partial charge in [0.1, 0.15) is 5.75 Å². The Balaban J connectivity index is 1.70. The van der Waals surface area contributed by atoms with E-state index in [9.17, 15) is 0 Å². The Bertz CT molecular complexity index is 654. The molecule has 0 aliphatic carbocycles. The molecular formula is C20H26N2O2. The summed E-state index contributed by atoms with van der Waals surface area (Å²) in [6.45, 7) is 6.53. The van der Waals surface area contributed by atoms with E-state index in [1.165, 1.54) is 16.8 Å². The molecule has 1 saturated heterocycles. The number of benzene rings is 2. The molecule has 0 saturated carbocycles. The van der Waals surface area contributed by atoms with Crippen LogP contribution in [0.25, 0.3) is 0 Å². The highest BCUT2D eigenvalue weighted by molar-refractivity contribution is 5.54. The quantitative estimate of drug-likeness (QED) is 0.882. The van der Waals surface area contributed by atoms with Crippen molar-refractivity contribution in [1.82, 2.24) is 5.32 Å². The fraction of sp³-hybridized carbons (Fsp3) is 0.400. The second-order valence-electron chi connectivity index (χ2n) is 6.07. The van der Waals surface area contributed by atoms with Gasteiger partial charge in [-0.15, -0.1) is 0 Å². The Kier molecular flexibility index (Phi) is 5.72. The molecule has 1 aliphatic rings. The van der Waals surface area contributed by atoms with E-state index in [2.05, 4.69) is 53.5 Å². The lowest BCUT2D eigenvalue weighted by Crippen LogP contribution is -2.37. The van der Waals surface area contributed by atoms with Crippen molar-refractivity contribution >= 4 is 5.69 Å². The van der Waals surface area contributed by atoms with Crippen LogP contribution in [0.1, 0.15) is 24.1 Å². The molecule has 1 fully saturated rings. The first-order valence-electron chi connectivity index (χ1n) is 8.56. The summed E-state index contributed by atoms with van der Waals surface area (Å²) in [5.74, 6) is 0.930. The van der Waals surface area contributed by atoms with Crippen LogP contribution in [0.5, 0.6) is 5.75 Å². The number of methoxy groups -OCH3 is 1. The number of hydrogen-bond acceptors (Lipinski definition) is 4. The molecule has 0 aromatic heterocycles. The second-order valence-corrected chi connectivity index (χ2v) is 6.07. The van der Waals surface area contributed by atoms with Gasteiger partial charge in [-0.1, -0.05) is 36.4 Å². The van der Waals surface area contributed by atoms with Crippen LogP contribution in [-0.2, 0) is 11.3 Å². The minimum absolute atomic E-state index is 0.221. The third-order valence-electron chi connectivity index (χ3n) is 4.55. The molecule has 1 aliphatic heterocycles. The average Bonchev–Trinajstić information content (AvgIpc) is 2.67. The van der Waals surface area contributed by atoms with Gasteiger partial charge in [-0.05, 0) is 24.6 Å². The zero-order valence-corrected chi connectivity index (χ0v) is 14.5. The number of anilines is 1. The normalized spacial score (nSPS) is 16.0. The van der Waals surface area contributed by atoms with Crippen molar-refractivity contribution in [2.75, 3.05) is 38.3 Å². The van der Waals surface area contributed by atoms with Gasteiger partial charge in [0.15, 0.2) is 0 Å². The number of hydrogen-bond donors (Lipinski definition) is 1. The fourth-order valence-corrected chi connectivity index (χ4v) is 3.17. The molecule has 4 nitrogen and oxygen atoms in total. The lowest BCUT2D eigenvalue weighted by atomic mass is 10.1. The Hall–Kier alpha value is -2.04. The molecule has 4 heteroatoms. The predicted molar refractivity (Wildman–Crippen MR) is 97.7 cm³/mol. The van der Waals surface area contributed by atoms with Gasteiger partial charge in [-0.3, -0.25) is 0 Å². The molecule has 0 amide bonds. The van der Waals surface area contributed by atoms with Gasteiger partial charge in [-0.25, -0.2) is 0 Å². The van der Waals surface area contributed by atoms with Gasteiger partial charge in [0.05, 0.1) is 20.3 Å². The zero-order chi connectivity index (χ0) is 16.8. The van der Waals surface area contributed by atoms with Crippen molar-refractivity contribution < 1.29 is 9.47 Å². The maximum atomic E-state index is 5.48. The van der Waals surface area contributed by atoms with E-state index in [0.717, 1.165) is 38.6 Å². The molecule has 2 aromatic carbocycles. The van der Waals surface area contributed by atoms with Crippen molar-refractivity contribution in [2.45, 2.75) is 19.5 Å². The van der Waals surface area contributed by atoms with Crippen molar-refractivity contribution in [1.29, 1.82) is 0 Å². The third kappa shape index (κ3) is 3.89. The SMILES string of the molecule is COc1ccccc1[C@@H](C)NCc1ccccc1N1CCOCC1. The molecule has 24 heavy (non-hydrogen) atoms. The smallest absolute Gasteiger partial charge is 0.123 e. The highest BCUT2D eigenvalue weighted by atomic mass is 16.5. The van der Waals surface area contributed by atoms with E-state index >= 15 is 0 Å². The van der Waals surface area contributed by atoms with E-state index in [-0.39, 0.29) is 6.04 Å². The Morgan fingerprint density at radius 3 is 2.58 bits per heavy atom. The highest BCUT2D eigenvalue weighted by Gasteiger charge is 2.15. The summed E-state index contributed by atoms with van der Waals surface area (Å²) in [5, 5.41) is 3.63. The molecule has 0 bridgehead atoms. The average molecular weight is 326 g/mol. The van der Waals surface area contributed by atoms with Crippen LogP contribution in [-0.4, -0.2) is 33.4 Å². The predicted octanol–water partition coefficient (Wildman–Crippen LogP) is 3.38. The van der Waals surface area contributed by atoms with Crippen molar-refractivity contribution in [3.05, 3.63) is 59.7 Å². The van der Waals surface area contributed by atoms with Crippen LogP contribution >= 0.6 is 0 Å². The van der Waals surface area contributed by atoms with Gasteiger partial charge < -0.3 is 19.7 Å². The maximum Gasteiger partial charge on any atom is 0.123 e. The summed E-state index contributed by atoms with van der Waals surface area (Å²) in [6, 6.07) is 17.0. The van der Waals surface area contributed by atoms with Gasteiger partial charge in [0, 0.05) is 36.9 Å². The first kappa shape index (κ1) is 16.8. The molecule has 128 valence electrons. The summed E-state index contributed by atoms with van der Waals surface area (Å²) >= 11 is 0.